The maximum Gasteiger partial charge on any atom is 0.505 e. The smallest absolute Gasteiger partial charge is 0.399 e. The molecule has 0 unspecified atom stereocenters. The van der Waals surface area contributed by atoms with E-state index in [1.54, 1.807) is 0 Å². The second kappa shape index (κ2) is 5.04. The number of primary sulfonamides is 1. The largest absolute Gasteiger partial charge is 0.505 e. The van der Waals surface area contributed by atoms with Gasteiger partial charge in [-0.1, -0.05) is 20.8 Å². The molecule has 0 radical (unpaired) electrons. The lowest BCUT2D eigenvalue weighted by atomic mass is 9.83. The fourth-order valence-corrected chi connectivity index (χ4v) is 4.69. The monoisotopic (exact) mass is 345 g/mol. The maximum absolute atomic E-state index is 11.9. The zero-order valence-corrected chi connectivity index (χ0v) is 15.8. The molecule has 0 aromatic carbocycles. The number of sulfonamides is 1. The molecule has 1 aliphatic rings. The molecule has 0 atom stereocenters. The summed E-state index contributed by atoms with van der Waals surface area (Å²) in [5, 5.41) is 5.37. The van der Waals surface area contributed by atoms with E-state index < -0.39 is 28.3 Å². The topological polar surface area (TPSA) is 78.6 Å². The molecule has 0 saturated carbocycles. The number of nitrogens with two attached hydrogens (primary N) is 1. The van der Waals surface area contributed by atoms with Crippen LogP contribution in [0.25, 0.3) is 0 Å². The molecule has 0 amide bonds. The van der Waals surface area contributed by atoms with Crippen LogP contribution in [0.3, 0.4) is 0 Å². The highest BCUT2D eigenvalue weighted by Crippen LogP contribution is 2.38. The van der Waals surface area contributed by atoms with Gasteiger partial charge in [0.25, 0.3) is 0 Å². The summed E-state index contributed by atoms with van der Waals surface area (Å²) in [5.74, 6) is 0. The van der Waals surface area contributed by atoms with Crippen molar-refractivity contribution in [3.05, 3.63) is 11.6 Å². The second-order valence-corrected chi connectivity index (χ2v) is 10.6. The summed E-state index contributed by atoms with van der Waals surface area (Å²) < 4.78 is 36.7. The molecule has 0 spiro atoms. The average molecular weight is 345 g/mol. The van der Waals surface area contributed by atoms with Crippen LogP contribution in [0, 0.1) is 0 Å². The molecule has 1 saturated heterocycles. The van der Waals surface area contributed by atoms with Gasteiger partial charge >= 0.3 is 7.12 Å². The molecule has 8 heteroatoms. The molecule has 124 valence electrons. The van der Waals surface area contributed by atoms with Gasteiger partial charge in [-0.15, -0.1) is 11.3 Å². The van der Waals surface area contributed by atoms with E-state index in [0.29, 0.717) is 5.56 Å². The van der Waals surface area contributed by atoms with Crippen molar-refractivity contribution in [2.24, 2.45) is 5.14 Å². The first-order chi connectivity index (χ1) is 9.65. The van der Waals surface area contributed by atoms with E-state index in [4.69, 9.17) is 14.4 Å². The Morgan fingerprint density at radius 1 is 1.14 bits per heavy atom. The van der Waals surface area contributed by atoms with Crippen molar-refractivity contribution >= 4 is 33.3 Å². The van der Waals surface area contributed by atoms with E-state index in [9.17, 15) is 8.42 Å². The Morgan fingerprint density at radius 2 is 1.59 bits per heavy atom. The first-order valence-electron chi connectivity index (χ1n) is 7.18. The van der Waals surface area contributed by atoms with Crippen molar-refractivity contribution in [2.45, 2.75) is 69.3 Å². The van der Waals surface area contributed by atoms with Crippen molar-refractivity contribution in [3.8, 4) is 0 Å². The van der Waals surface area contributed by atoms with Gasteiger partial charge in [0.2, 0.25) is 10.0 Å². The molecule has 5 nitrogen and oxygen atoms in total. The Kier molecular flexibility index (Phi) is 4.11. The van der Waals surface area contributed by atoms with Crippen LogP contribution in [-0.2, 0) is 24.7 Å². The van der Waals surface area contributed by atoms with Gasteiger partial charge in [0, 0.05) is 4.78 Å². The highest BCUT2D eigenvalue weighted by Gasteiger charge is 2.52. The Hall–Kier alpha value is -0.405. The predicted molar refractivity (Wildman–Crippen MR) is 90.1 cm³/mol. The Balaban J connectivity index is 2.50. The highest BCUT2D eigenvalue weighted by molar-refractivity contribution is 7.91. The number of rotatable bonds is 2. The van der Waals surface area contributed by atoms with Crippen molar-refractivity contribution in [2.75, 3.05) is 0 Å². The Morgan fingerprint density at radius 3 is 1.91 bits per heavy atom. The molecular weight excluding hydrogens is 321 g/mol. The quantitative estimate of drug-likeness (QED) is 0.832. The average Bonchev–Trinajstić information content (AvgIpc) is 2.77. The molecule has 2 heterocycles. The zero-order valence-electron chi connectivity index (χ0n) is 14.2. The van der Waals surface area contributed by atoms with Crippen molar-refractivity contribution in [1.82, 2.24) is 0 Å². The third-order valence-corrected chi connectivity index (χ3v) is 6.90. The van der Waals surface area contributed by atoms with Crippen molar-refractivity contribution < 1.29 is 17.7 Å². The van der Waals surface area contributed by atoms with Gasteiger partial charge in [0.05, 0.1) is 11.2 Å². The Bertz CT molecular complexity index is 670. The predicted octanol–water partition coefficient (Wildman–Crippen LogP) is 1.99. The lowest BCUT2D eigenvalue weighted by Gasteiger charge is -2.32. The highest BCUT2D eigenvalue weighted by atomic mass is 32.2. The van der Waals surface area contributed by atoms with E-state index in [-0.39, 0.29) is 9.62 Å². The third kappa shape index (κ3) is 3.12. The van der Waals surface area contributed by atoms with Crippen LogP contribution in [0.2, 0.25) is 0 Å². The van der Waals surface area contributed by atoms with Crippen molar-refractivity contribution in [1.29, 1.82) is 0 Å². The maximum atomic E-state index is 11.9. The molecule has 1 fully saturated rings. The van der Waals surface area contributed by atoms with Gasteiger partial charge in [-0.05, 0) is 44.7 Å². The number of thiophene rings is 1. The van der Waals surface area contributed by atoms with Crippen LogP contribution in [0.5, 0.6) is 0 Å². The van der Waals surface area contributed by atoms with E-state index in [1.165, 1.54) is 0 Å². The van der Waals surface area contributed by atoms with Crippen LogP contribution in [-0.4, -0.2) is 26.7 Å². The molecule has 22 heavy (non-hydrogen) atoms. The SMILES string of the molecule is CC(C)(C)c1cc(B2OC(C)(C)C(C)(C)O2)sc1S(N)(=O)=O. The van der Waals surface area contributed by atoms with Gasteiger partial charge in [0.15, 0.2) is 0 Å². The molecule has 2 rings (SSSR count). The molecular formula is C14H24BNO4S2. The molecule has 1 aromatic rings. The van der Waals surface area contributed by atoms with Gasteiger partial charge in [-0.3, -0.25) is 0 Å². The van der Waals surface area contributed by atoms with Gasteiger partial charge in [-0.25, -0.2) is 13.6 Å². The number of hydrogen-bond acceptors (Lipinski definition) is 5. The summed E-state index contributed by atoms with van der Waals surface area (Å²) in [6.45, 7) is 13.7. The summed E-state index contributed by atoms with van der Waals surface area (Å²) in [6, 6.07) is 1.84. The van der Waals surface area contributed by atoms with Gasteiger partial charge in [-0.2, -0.15) is 0 Å². The van der Waals surface area contributed by atoms with E-state index >= 15 is 0 Å². The first-order valence-corrected chi connectivity index (χ1v) is 9.54. The molecule has 1 aromatic heterocycles. The van der Waals surface area contributed by atoms with Crippen LogP contribution >= 0.6 is 11.3 Å². The summed E-state index contributed by atoms with van der Waals surface area (Å²) in [4.78, 5) is 0. The molecule has 0 aliphatic carbocycles. The normalized spacial score (nSPS) is 21.4. The Labute approximate surface area is 137 Å². The third-order valence-electron chi connectivity index (χ3n) is 4.27. The minimum atomic E-state index is -3.78. The summed E-state index contributed by atoms with van der Waals surface area (Å²) in [7, 11) is -4.35. The van der Waals surface area contributed by atoms with Crippen LogP contribution < -0.4 is 9.92 Å². The lowest BCUT2D eigenvalue weighted by Crippen LogP contribution is -2.41. The van der Waals surface area contributed by atoms with Gasteiger partial charge in [0.1, 0.15) is 4.21 Å². The molecule has 1 aliphatic heterocycles. The lowest BCUT2D eigenvalue weighted by molar-refractivity contribution is 0.00578. The summed E-state index contributed by atoms with van der Waals surface area (Å²) >= 11 is 1.13. The van der Waals surface area contributed by atoms with Gasteiger partial charge < -0.3 is 9.31 Å². The van der Waals surface area contributed by atoms with E-state index in [2.05, 4.69) is 0 Å². The molecule has 2 N–H and O–H groups in total. The second-order valence-electron chi connectivity index (χ2n) is 7.73. The fourth-order valence-electron chi connectivity index (χ4n) is 2.20. The summed E-state index contributed by atoms with van der Waals surface area (Å²) in [5.41, 5.74) is -0.568. The standard InChI is InChI=1S/C14H24BNO4S2/c1-12(2,3)9-8-10(21-11(9)22(16,17)18)15-19-13(4,5)14(6,7)20-15/h8H,1-7H3,(H2,16,17,18). The zero-order chi connectivity index (χ0) is 17.1. The fraction of sp³-hybridized carbons (Fsp3) is 0.714. The van der Waals surface area contributed by atoms with E-state index in [1.807, 2.05) is 54.5 Å². The first kappa shape index (κ1) is 17.9. The van der Waals surface area contributed by atoms with Crippen LogP contribution in [0.1, 0.15) is 54.0 Å². The minimum absolute atomic E-state index is 0.185. The van der Waals surface area contributed by atoms with Crippen molar-refractivity contribution in [3.63, 3.8) is 0 Å². The van der Waals surface area contributed by atoms with E-state index in [0.717, 1.165) is 16.1 Å². The number of hydrogen-bond donors (Lipinski definition) is 1. The minimum Gasteiger partial charge on any atom is -0.399 e. The summed E-state index contributed by atoms with van der Waals surface area (Å²) in [6.07, 6.45) is 0. The van der Waals surface area contributed by atoms with Crippen LogP contribution in [0.15, 0.2) is 10.3 Å². The van der Waals surface area contributed by atoms with Crippen LogP contribution in [0.4, 0.5) is 0 Å². The molecule has 0 bridgehead atoms.